The van der Waals surface area contributed by atoms with Crippen molar-refractivity contribution in [2.45, 2.75) is 17.9 Å². The number of hydrogen-bond donors (Lipinski definition) is 1. The number of hydrogen-bond acceptors (Lipinski definition) is 4. The van der Waals surface area contributed by atoms with Gasteiger partial charge in [-0.3, -0.25) is 4.79 Å². The number of anilines is 1. The van der Waals surface area contributed by atoms with Gasteiger partial charge in [0.1, 0.15) is 0 Å². The van der Waals surface area contributed by atoms with Crippen molar-refractivity contribution in [2.24, 2.45) is 0 Å². The minimum absolute atomic E-state index is 0.201. The lowest BCUT2D eigenvalue weighted by Gasteiger charge is -2.32. The standard InChI is InChI=1S/C18H18BrIN2O4S/c1-12-11-26-9-8-22(12)27(24,25)15-5-3-14(4-6-15)21-18(23)13-2-7-16(19)17(20)10-13/h2-7,10,12H,8-9,11H2,1H3,(H,21,23). The molecule has 1 aliphatic heterocycles. The summed E-state index contributed by atoms with van der Waals surface area (Å²) >= 11 is 5.54. The number of amides is 1. The highest BCUT2D eigenvalue weighted by atomic mass is 127. The second kappa shape index (κ2) is 8.56. The summed E-state index contributed by atoms with van der Waals surface area (Å²) in [6, 6.07) is 11.3. The Balaban J connectivity index is 1.75. The van der Waals surface area contributed by atoms with Gasteiger partial charge in [-0.25, -0.2) is 8.42 Å². The predicted octanol–water partition coefficient (Wildman–Crippen LogP) is 3.72. The molecule has 0 saturated carbocycles. The maximum absolute atomic E-state index is 12.8. The molecule has 1 heterocycles. The zero-order valence-corrected chi connectivity index (χ0v) is 19.0. The van der Waals surface area contributed by atoms with Crippen molar-refractivity contribution in [1.29, 1.82) is 0 Å². The fourth-order valence-corrected chi connectivity index (χ4v) is 5.12. The van der Waals surface area contributed by atoms with Crippen LogP contribution in [0.25, 0.3) is 0 Å². The number of nitrogens with zero attached hydrogens (tertiary/aromatic N) is 1. The molecular weight excluding hydrogens is 547 g/mol. The number of benzene rings is 2. The molecule has 0 radical (unpaired) electrons. The van der Waals surface area contributed by atoms with Gasteiger partial charge in [0, 0.05) is 31.9 Å². The molecule has 27 heavy (non-hydrogen) atoms. The van der Waals surface area contributed by atoms with Crippen LogP contribution in [0.5, 0.6) is 0 Å². The van der Waals surface area contributed by atoms with Crippen molar-refractivity contribution < 1.29 is 17.9 Å². The lowest BCUT2D eigenvalue weighted by Crippen LogP contribution is -2.46. The van der Waals surface area contributed by atoms with Crippen LogP contribution in [-0.4, -0.2) is 44.4 Å². The van der Waals surface area contributed by atoms with Gasteiger partial charge in [0.05, 0.1) is 18.1 Å². The molecule has 0 bridgehead atoms. The number of halogens is 2. The molecular formula is C18H18BrIN2O4S. The van der Waals surface area contributed by atoms with E-state index in [1.54, 1.807) is 24.3 Å². The van der Waals surface area contributed by atoms with Crippen LogP contribution in [0.3, 0.4) is 0 Å². The molecule has 144 valence electrons. The van der Waals surface area contributed by atoms with Gasteiger partial charge < -0.3 is 10.1 Å². The summed E-state index contributed by atoms with van der Waals surface area (Å²) in [5.41, 5.74) is 1.06. The second-order valence-electron chi connectivity index (χ2n) is 6.15. The molecule has 6 nitrogen and oxygen atoms in total. The highest BCUT2D eigenvalue weighted by Crippen LogP contribution is 2.23. The van der Waals surface area contributed by atoms with E-state index in [-0.39, 0.29) is 16.8 Å². The normalized spacial score (nSPS) is 18.3. The van der Waals surface area contributed by atoms with Gasteiger partial charge in [0.25, 0.3) is 5.91 Å². The number of ether oxygens (including phenoxy) is 1. The third-order valence-electron chi connectivity index (χ3n) is 4.21. The van der Waals surface area contributed by atoms with Crippen molar-refractivity contribution in [3.05, 3.63) is 56.1 Å². The molecule has 2 aromatic rings. The van der Waals surface area contributed by atoms with Crippen LogP contribution >= 0.6 is 38.5 Å². The predicted molar refractivity (Wildman–Crippen MR) is 115 cm³/mol. The molecule has 1 amide bonds. The molecule has 1 unspecified atom stereocenters. The summed E-state index contributed by atoms with van der Waals surface area (Å²) in [7, 11) is -3.58. The van der Waals surface area contributed by atoms with Crippen molar-refractivity contribution in [1.82, 2.24) is 4.31 Å². The van der Waals surface area contributed by atoms with Gasteiger partial charge >= 0.3 is 0 Å². The van der Waals surface area contributed by atoms with E-state index in [2.05, 4.69) is 43.8 Å². The number of carbonyl (C=O) groups is 1. The summed E-state index contributed by atoms with van der Waals surface area (Å²) in [5.74, 6) is -0.252. The fourth-order valence-electron chi connectivity index (χ4n) is 2.76. The quantitative estimate of drug-likeness (QED) is 0.574. The zero-order chi connectivity index (χ0) is 19.6. The van der Waals surface area contributed by atoms with Crippen LogP contribution < -0.4 is 5.32 Å². The van der Waals surface area contributed by atoms with Crippen molar-refractivity contribution in [2.75, 3.05) is 25.1 Å². The van der Waals surface area contributed by atoms with Crippen LogP contribution in [0.1, 0.15) is 17.3 Å². The van der Waals surface area contributed by atoms with E-state index in [0.717, 1.165) is 8.04 Å². The SMILES string of the molecule is CC1COCCN1S(=O)(=O)c1ccc(NC(=O)c2ccc(Br)c(I)c2)cc1. The first kappa shape index (κ1) is 20.7. The minimum Gasteiger partial charge on any atom is -0.378 e. The lowest BCUT2D eigenvalue weighted by atomic mass is 10.2. The Morgan fingerprint density at radius 2 is 1.96 bits per heavy atom. The summed E-state index contributed by atoms with van der Waals surface area (Å²) < 4.78 is 34.2. The molecule has 1 saturated heterocycles. The maximum atomic E-state index is 12.8. The Bertz CT molecular complexity index is 950. The van der Waals surface area contributed by atoms with Gasteiger partial charge in [0.2, 0.25) is 10.0 Å². The van der Waals surface area contributed by atoms with E-state index < -0.39 is 10.0 Å². The van der Waals surface area contributed by atoms with E-state index in [4.69, 9.17) is 4.74 Å². The second-order valence-corrected chi connectivity index (χ2v) is 10.1. The Hall–Kier alpha value is -1.01. The van der Waals surface area contributed by atoms with Crippen LogP contribution in [0.4, 0.5) is 5.69 Å². The van der Waals surface area contributed by atoms with Crippen LogP contribution in [-0.2, 0) is 14.8 Å². The Kier molecular flexibility index (Phi) is 6.57. The van der Waals surface area contributed by atoms with Gasteiger partial charge in [-0.2, -0.15) is 4.31 Å². The van der Waals surface area contributed by atoms with E-state index in [1.165, 1.54) is 16.4 Å². The average Bonchev–Trinajstić information content (AvgIpc) is 2.64. The first-order valence-corrected chi connectivity index (χ1v) is 11.6. The molecule has 0 spiro atoms. The number of nitrogens with one attached hydrogen (secondary N) is 1. The number of morpholine rings is 1. The average molecular weight is 565 g/mol. The monoisotopic (exact) mass is 564 g/mol. The lowest BCUT2D eigenvalue weighted by molar-refractivity contribution is 0.0393. The van der Waals surface area contributed by atoms with Gasteiger partial charge in [-0.05, 0) is 87.9 Å². The highest BCUT2D eigenvalue weighted by Gasteiger charge is 2.31. The summed E-state index contributed by atoms with van der Waals surface area (Å²) in [6.45, 7) is 2.94. The van der Waals surface area contributed by atoms with E-state index in [9.17, 15) is 13.2 Å². The molecule has 0 aliphatic carbocycles. The van der Waals surface area contributed by atoms with E-state index >= 15 is 0 Å². The first-order valence-electron chi connectivity index (χ1n) is 8.25. The van der Waals surface area contributed by atoms with Crippen LogP contribution in [0, 0.1) is 3.57 Å². The highest BCUT2D eigenvalue weighted by molar-refractivity contribution is 14.1. The number of carbonyl (C=O) groups excluding carboxylic acids is 1. The van der Waals surface area contributed by atoms with Crippen LogP contribution in [0.2, 0.25) is 0 Å². The summed E-state index contributed by atoms with van der Waals surface area (Å²) in [5, 5.41) is 2.79. The van der Waals surface area contributed by atoms with Crippen molar-refractivity contribution in [3.8, 4) is 0 Å². The van der Waals surface area contributed by atoms with Gasteiger partial charge in [0.15, 0.2) is 0 Å². The number of sulfonamides is 1. The minimum atomic E-state index is -3.58. The molecule has 9 heteroatoms. The molecule has 1 fully saturated rings. The zero-order valence-electron chi connectivity index (χ0n) is 14.5. The van der Waals surface area contributed by atoms with Crippen LogP contribution in [0.15, 0.2) is 51.8 Å². The topological polar surface area (TPSA) is 75.7 Å². The molecule has 2 aromatic carbocycles. The Morgan fingerprint density at radius 3 is 2.59 bits per heavy atom. The summed E-state index contributed by atoms with van der Waals surface area (Å²) in [4.78, 5) is 12.6. The van der Waals surface area contributed by atoms with E-state index in [0.29, 0.717) is 31.0 Å². The first-order chi connectivity index (χ1) is 12.8. The third kappa shape index (κ3) is 4.70. The smallest absolute Gasteiger partial charge is 0.255 e. The van der Waals surface area contributed by atoms with Gasteiger partial charge in [-0.15, -0.1) is 0 Å². The Labute approximate surface area is 180 Å². The third-order valence-corrected chi connectivity index (χ3v) is 8.56. The molecule has 1 atom stereocenters. The molecule has 1 N–H and O–H groups in total. The van der Waals surface area contributed by atoms with E-state index in [1.807, 2.05) is 13.0 Å². The van der Waals surface area contributed by atoms with Crippen molar-refractivity contribution in [3.63, 3.8) is 0 Å². The molecule has 1 aliphatic rings. The maximum Gasteiger partial charge on any atom is 0.255 e. The van der Waals surface area contributed by atoms with Gasteiger partial charge in [-0.1, -0.05) is 0 Å². The molecule has 0 aromatic heterocycles. The summed E-state index contributed by atoms with van der Waals surface area (Å²) in [6.07, 6.45) is 0. The fraction of sp³-hybridized carbons (Fsp3) is 0.278. The molecule has 3 rings (SSSR count). The Morgan fingerprint density at radius 1 is 1.26 bits per heavy atom. The number of rotatable bonds is 4. The largest absolute Gasteiger partial charge is 0.378 e. The van der Waals surface area contributed by atoms with Crippen molar-refractivity contribution >= 4 is 60.1 Å².